The molecular weight excluding hydrogens is 346 g/mol. The van der Waals surface area contributed by atoms with Gasteiger partial charge in [0.2, 0.25) is 11.9 Å². The second kappa shape index (κ2) is 7.27. The fourth-order valence-corrected chi connectivity index (χ4v) is 3.37. The summed E-state index contributed by atoms with van der Waals surface area (Å²) < 4.78 is 27.7. The van der Waals surface area contributed by atoms with Crippen LogP contribution in [0.3, 0.4) is 0 Å². The van der Waals surface area contributed by atoms with E-state index < -0.39 is 5.95 Å². The summed E-state index contributed by atoms with van der Waals surface area (Å²) in [5.41, 5.74) is 2.61. The Kier molecular flexibility index (Phi) is 4.67. The van der Waals surface area contributed by atoms with Crippen LogP contribution in [0, 0.1) is 17.7 Å². The van der Waals surface area contributed by atoms with Gasteiger partial charge in [-0.2, -0.15) is 4.39 Å². The van der Waals surface area contributed by atoms with E-state index in [1.165, 1.54) is 12.3 Å². The Bertz CT molecular complexity index is 989. The zero-order chi connectivity index (χ0) is 18.8. The summed E-state index contributed by atoms with van der Waals surface area (Å²) in [6, 6.07) is 17.3. The van der Waals surface area contributed by atoms with E-state index in [9.17, 15) is 13.6 Å². The maximum atomic E-state index is 13.9. The van der Waals surface area contributed by atoms with E-state index in [2.05, 4.69) is 10.3 Å². The Morgan fingerprint density at radius 1 is 1.07 bits per heavy atom. The molecule has 3 aromatic rings. The maximum absolute atomic E-state index is 13.9. The van der Waals surface area contributed by atoms with Crippen LogP contribution in [-0.2, 0) is 11.3 Å². The van der Waals surface area contributed by atoms with Gasteiger partial charge in [0.15, 0.2) is 0 Å². The van der Waals surface area contributed by atoms with Crippen LogP contribution in [0.2, 0.25) is 0 Å². The molecule has 0 spiro atoms. The molecule has 2 unspecified atom stereocenters. The number of benzene rings is 2. The molecule has 1 aliphatic rings. The number of amides is 1. The lowest BCUT2D eigenvalue weighted by molar-refractivity contribution is -0.122. The molecule has 27 heavy (non-hydrogen) atoms. The van der Waals surface area contributed by atoms with Gasteiger partial charge in [-0.15, -0.1) is 0 Å². The smallest absolute Gasteiger partial charge is 0.224 e. The van der Waals surface area contributed by atoms with Crippen LogP contribution in [0.4, 0.5) is 8.78 Å². The lowest BCUT2D eigenvalue weighted by Crippen LogP contribution is -2.24. The van der Waals surface area contributed by atoms with Crippen molar-refractivity contribution in [3.63, 3.8) is 0 Å². The van der Waals surface area contributed by atoms with Gasteiger partial charge in [0.25, 0.3) is 0 Å². The minimum absolute atomic E-state index is 0.0537. The SMILES string of the molecule is O=C(NCc1cccc(-c2cccnc2F)c1)C1CC1c1ccccc1F. The first-order valence-corrected chi connectivity index (χ1v) is 8.85. The van der Waals surface area contributed by atoms with Crippen molar-refractivity contribution in [2.75, 3.05) is 0 Å². The summed E-state index contributed by atoms with van der Waals surface area (Å²) in [5, 5.41) is 2.90. The molecule has 2 atom stereocenters. The number of carbonyl (C=O) groups is 1. The van der Waals surface area contributed by atoms with Gasteiger partial charge in [-0.3, -0.25) is 4.79 Å². The topological polar surface area (TPSA) is 42.0 Å². The summed E-state index contributed by atoms with van der Waals surface area (Å²) in [4.78, 5) is 16.0. The van der Waals surface area contributed by atoms with Crippen molar-refractivity contribution in [1.82, 2.24) is 10.3 Å². The molecule has 1 fully saturated rings. The highest BCUT2D eigenvalue weighted by Gasteiger charge is 2.44. The van der Waals surface area contributed by atoms with Crippen LogP contribution in [0.15, 0.2) is 66.9 Å². The Labute approximate surface area is 156 Å². The van der Waals surface area contributed by atoms with Crippen molar-refractivity contribution in [2.45, 2.75) is 18.9 Å². The second-order valence-electron chi connectivity index (χ2n) is 6.73. The van der Waals surface area contributed by atoms with Crippen LogP contribution < -0.4 is 5.32 Å². The average molecular weight is 364 g/mol. The van der Waals surface area contributed by atoms with Gasteiger partial charge < -0.3 is 5.32 Å². The molecule has 5 heteroatoms. The monoisotopic (exact) mass is 364 g/mol. The van der Waals surface area contributed by atoms with Gasteiger partial charge in [-0.25, -0.2) is 9.37 Å². The Hall–Kier alpha value is -3.08. The molecule has 0 saturated heterocycles. The number of pyridine rings is 1. The molecule has 1 aromatic heterocycles. The van der Waals surface area contributed by atoms with Gasteiger partial charge >= 0.3 is 0 Å². The number of hydrogen-bond acceptors (Lipinski definition) is 2. The third-order valence-corrected chi connectivity index (χ3v) is 4.90. The van der Waals surface area contributed by atoms with E-state index in [1.54, 1.807) is 36.4 Å². The van der Waals surface area contributed by atoms with Gasteiger partial charge in [-0.1, -0.05) is 36.4 Å². The number of halogens is 2. The zero-order valence-electron chi connectivity index (χ0n) is 14.5. The Balaban J connectivity index is 1.40. The molecular formula is C22H18F2N2O. The molecule has 4 rings (SSSR count). The number of aromatic nitrogens is 1. The van der Waals surface area contributed by atoms with Gasteiger partial charge in [-0.05, 0) is 53.3 Å². The highest BCUT2D eigenvalue weighted by molar-refractivity contribution is 5.83. The Morgan fingerprint density at radius 2 is 1.93 bits per heavy atom. The largest absolute Gasteiger partial charge is 0.352 e. The molecule has 0 bridgehead atoms. The lowest BCUT2D eigenvalue weighted by Gasteiger charge is -2.08. The van der Waals surface area contributed by atoms with E-state index in [-0.39, 0.29) is 23.6 Å². The van der Waals surface area contributed by atoms with Crippen molar-refractivity contribution >= 4 is 5.91 Å². The van der Waals surface area contributed by atoms with Crippen molar-refractivity contribution in [2.24, 2.45) is 5.92 Å². The quantitative estimate of drug-likeness (QED) is 0.680. The first kappa shape index (κ1) is 17.3. The molecule has 1 heterocycles. The normalized spacial score (nSPS) is 18.1. The molecule has 3 nitrogen and oxygen atoms in total. The maximum Gasteiger partial charge on any atom is 0.224 e. The summed E-state index contributed by atoms with van der Waals surface area (Å²) >= 11 is 0. The molecule has 2 aromatic carbocycles. The second-order valence-corrected chi connectivity index (χ2v) is 6.73. The predicted molar refractivity (Wildman–Crippen MR) is 98.7 cm³/mol. The molecule has 0 aliphatic heterocycles. The summed E-state index contributed by atoms with van der Waals surface area (Å²) in [7, 11) is 0. The number of nitrogens with one attached hydrogen (secondary N) is 1. The minimum atomic E-state index is -0.524. The molecule has 1 N–H and O–H groups in total. The fourth-order valence-electron chi connectivity index (χ4n) is 3.37. The van der Waals surface area contributed by atoms with E-state index in [4.69, 9.17) is 0 Å². The third-order valence-electron chi connectivity index (χ3n) is 4.90. The summed E-state index contributed by atoms with van der Waals surface area (Å²) in [5.74, 6) is -1.11. The van der Waals surface area contributed by atoms with Crippen molar-refractivity contribution in [3.05, 3.63) is 89.8 Å². The van der Waals surface area contributed by atoms with E-state index in [0.717, 1.165) is 5.56 Å². The molecule has 1 aliphatic carbocycles. The number of nitrogens with zero attached hydrogens (tertiary/aromatic N) is 1. The predicted octanol–water partition coefficient (Wildman–Crippen LogP) is 4.45. The average Bonchev–Trinajstić information content (AvgIpc) is 3.48. The van der Waals surface area contributed by atoms with E-state index in [0.29, 0.717) is 29.7 Å². The number of rotatable bonds is 5. The summed E-state index contributed by atoms with van der Waals surface area (Å²) in [6.45, 7) is 0.342. The third kappa shape index (κ3) is 3.72. The van der Waals surface area contributed by atoms with Crippen LogP contribution in [0.25, 0.3) is 11.1 Å². The van der Waals surface area contributed by atoms with Crippen LogP contribution in [-0.4, -0.2) is 10.9 Å². The van der Waals surface area contributed by atoms with Crippen molar-refractivity contribution in [3.8, 4) is 11.1 Å². The standard InChI is InChI=1S/C22H18F2N2O/c23-20-9-2-1-7-17(20)18-12-19(18)22(27)26-13-14-5-3-6-15(11-14)16-8-4-10-25-21(16)24/h1-11,18-19H,12-13H2,(H,26,27). The fraction of sp³-hybridized carbons (Fsp3) is 0.182. The highest BCUT2D eigenvalue weighted by Crippen LogP contribution is 2.48. The lowest BCUT2D eigenvalue weighted by atomic mass is 10.0. The Morgan fingerprint density at radius 3 is 2.74 bits per heavy atom. The minimum Gasteiger partial charge on any atom is -0.352 e. The van der Waals surface area contributed by atoms with Crippen LogP contribution in [0.1, 0.15) is 23.5 Å². The van der Waals surface area contributed by atoms with Gasteiger partial charge in [0.05, 0.1) is 0 Å². The zero-order valence-corrected chi connectivity index (χ0v) is 14.5. The molecule has 1 saturated carbocycles. The molecule has 1 amide bonds. The van der Waals surface area contributed by atoms with Gasteiger partial charge in [0.1, 0.15) is 5.82 Å². The highest BCUT2D eigenvalue weighted by atomic mass is 19.1. The van der Waals surface area contributed by atoms with Crippen LogP contribution >= 0.6 is 0 Å². The first-order valence-electron chi connectivity index (χ1n) is 8.85. The van der Waals surface area contributed by atoms with E-state index in [1.807, 2.05) is 18.2 Å². The number of hydrogen-bond donors (Lipinski definition) is 1. The number of carbonyl (C=O) groups excluding carboxylic acids is 1. The summed E-state index contributed by atoms with van der Waals surface area (Å²) in [6.07, 6.45) is 2.07. The van der Waals surface area contributed by atoms with Gasteiger partial charge in [0, 0.05) is 24.2 Å². The van der Waals surface area contributed by atoms with E-state index >= 15 is 0 Å². The van der Waals surface area contributed by atoms with Crippen molar-refractivity contribution in [1.29, 1.82) is 0 Å². The van der Waals surface area contributed by atoms with Crippen LogP contribution in [0.5, 0.6) is 0 Å². The van der Waals surface area contributed by atoms with Crippen molar-refractivity contribution < 1.29 is 13.6 Å². The first-order chi connectivity index (χ1) is 13.1. The molecule has 0 radical (unpaired) electrons. The molecule has 136 valence electrons.